The lowest BCUT2D eigenvalue weighted by Crippen LogP contribution is -2.29. The Morgan fingerprint density at radius 2 is 1.79 bits per heavy atom. The molecule has 2 aromatic rings. The minimum atomic E-state index is -1.07. The lowest BCUT2D eigenvalue weighted by Gasteiger charge is -2.21. The second-order valence-electron chi connectivity index (χ2n) is 3.21. The van der Waals surface area contributed by atoms with E-state index in [1.54, 1.807) is 12.1 Å². The van der Waals surface area contributed by atoms with Crippen LogP contribution in [0, 0.1) is 0 Å². The predicted molar refractivity (Wildman–Crippen MR) is 48.8 cm³/mol. The molecule has 1 heterocycles. The van der Waals surface area contributed by atoms with Gasteiger partial charge in [-0.15, -0.1) is 0 Å². The number of hydrogen-bond donors (Lipinski definition) is 1. The molecule has 0 bridgehead atoms. The van der Waals surface area contributed by atoms with Gasteiger partial charge in [0, 0.05) is 0 Å². The largest absolute Gasteiger partial charge is 0.378 e. The van der Waals surface area contributed by atoms with Gasteiger partial charge in [0.1, 0.15) is 11.4 Å². The van der Waals surface area contributed by atoms with E-state index in [2.05, 4.69) is 9.97 Å². The van der Waals surface area contributed by atoms with E-state index < -0.39 is 6.10 Å². The van der Waals surface area contributed by atoms with Crippen LogP contribution in [0.25, 0.3) is 11.0 Å². The summed E-state index contributed by atoms with van der Waals surface area (Å²) in [6, 6.07) is 7.28. The zero-order valence-electron chi connectivity index (χ0n) is 7.14. The number of hydrogen-bond acceptors (Lipinski definition) is 4. The van der Waals surface area contributed by atoms with Crippen molar-refractivity contribution in [3.05, 3.63) is 35.7 Å². The monoisotopic (exact) mass is 186 g/mol. The molecule has 4 nitrogen and oxygen atoms in total. The Balaban J connectivity index is 2.37. The van der Waals surface area contributed by atoms with Crippen molar-refractivity contribution in [2.24, 2.45) is 0 Å². The van der Waals surface area contributed by atoms with E-state index in [4.69, 9.17) is 0 Å². The normalized spacial score (nSPS) is 19.2. The lowest BCUT2D eigenvalue weighted by molar-refractivity contribution is 0.0652. The van der Waals surface area contributed by atoms with Gasteiger partial charge in [0.15, 0.2) is 6.10 Å². The van der Waals surface area contributed by atoms with Gasteiger partial charge in [-0.05, 0) is 12.1 Å². The maximum atomic E-state index is 11.1. The van der Waals surface area contributed by atoms with Crippen molar-refractivity contribution < 1.29 is 9.90 Å². The molecule has 1 aromatic heterocycles. The van der Waals surface area contributed by atoms with Crippen LogP contribution in [-0.4, -0.2) is 20.9 Å². The number of para-hydroxylation sites is 2. The second kappa shape index (κ2) is 2.36. The van der Waals surface area contributed by atoms with E-state index in [0.29, 0.717) is 22.4 Å². The molecule has 3 rings (SSSR count). The van der Waals surface area contributed by atoms with Crippen LogP contribution in [0.3, 0.4) is 0 Å². The van der Waals surface area contributed by atoms with Crippen LogP contribution >= 0.6 is 0 Å². The van der Waals surface area contributed by atoms with Crippen molar-refractivity contribution >= 4 is 16.8 Å². The molecule has 1 aromatic carbocycles. The van der Waals surface area contributed by atoms with Crippen LogP contribution in [0.2, 0.25) is 0 Å². The lowest BCUT2D eigenvalue weighted by atomic mass is 9.94. The predicted octanol–water partition coefficient (Wildman–Crippen LogP) is 0.859. The number of rotatable bonds is 0. The van der Waals surface area contributed by atoms with E-state index in [9.17, 15) is 9.90 Å². The molecule has 68 valence electrons. The summed E-state index contributed by atoms with van der Waals surface area (Å²) in [6.07, 6.45) is -1.07. The Bertz CT molecular complexity index is 551. The molecule has 0 unspecified atom stereocenters. The van der Waals surface area contributed by atoms with Gasteiger partial charge in [-0.25, -0.2) is 9.97 Å². The third-order valence-electron chi connectivity index (χ3n) is 2.34. The molecule has 0 aliphatic heterocycles. The standard InChI is InChI=1S/C10H6N2O2/c13-9-7-8(10(9)14)12-6-4-2-1-3-5(6)11-7/h1-4,9,13H/t9-/m0/s1. The Kier molecular flexibility index (Phi) is 1.28. The van der Waals surface area contributed by atoms with Gasteiger partial charge in [0.2, 0.25) is 5.78 Å². The van der Waals surface area contributed by atoms with Crippen LogP contribution < -0.4 is 0 Å². The van der Waals surface area contributed by atoms with Gasteiger partial charge in [-0.1, -0.05) is 12.1 Å². The first-order valence-electron chi connectivity index (χ1n) is 4.26. The summed E-state index contributed by atoms with van der Waals surface area (Å²) in [4.78, 5) is 19.4. The molecule has 0 saturated carbocycles. The van der Waals surface area contributed by atoms with Crippen molar-refractivity contribution in [3.63, 3.8) is 0 Å². The number of nitrogens with zero attached hydrogens (tertiary/aromatic N) is 2. The second-order valence-corrected chi connectivity index (χ2v) is 3.21. The number of aromatic nitrogens is 2. The fraction of sp³-hybridized carbons (Fsp3) is 0.100. The maximum Gasteiger partial charge on any atom is 0.217 e. The minimum Gasteiger partial charge on any atom is -0.378 e. The summed E-state index contributed by atoms with van der Waals surface area (Å²) in [5.74, 6) is -0.335. The van der Waals surface area contributed by atoms with Crippen molar-refractivity contribution in [2.45, 2.75) is 6.10 Å². The molecule has 1 aliphatic carbocycles. The minimum absolute atomic E-state index is 0.302. The topological polar surface area (TPSA) is 63.1 Å². The zero-order chi connectivity index (χ0) is 9.71. The van der Waals surface area contributed by atoms with E-state index in [-0.39, 0.29) is 5.78 Å². The highest BCUT2D eigenvalue weighted by Crippen LogP contribution is 2.30. The third kappa shape index (κ3) is 0.781. The first-order chi connectivity index (χ1) is 6.77. The fourth-order valence-electron chi connectivity index (χ4n) is 1.56. The highest BCUT2D eigenvalue weighted by Gasteiger charge is 2.38. The number of ketones is 1. The SMILES string of the molecule is O=C1c2nc3ccccc3nc2[C@@H]1O. The number of carbonyl (C=O) groups excluding carboxylic acids is 1. The Labute approximate surface area is 79.2 Å². The van der Waals surface area contributed by atoms with Crippen LogP contribution in [-0.2, 0) is 0 Å². The zero-order valence-corrected chi connectivity index (χ0v) is 7.14. The van der Waals surface area contributed by atoms with Crippen molar-refractivity contribution in [1.82, 2.24) is 9.97 Å². The Morgan fingerprint density at radius 1 is 1.14 bits per heavy atom. The fourth-order valence-corrected chi connectivity index (χ4v) is 1.56. The van der Waals surface area contributed by atoms with Crippen LogP contribution in [0.4, 0.5) is 0 Å². The number of aliphatic hydroxyl groups is 1. The first kappa shape index (κ1) is 7.58. The van der Waals surface area contributed by atoms with Crippen molar-refractivity contribution in [1.29, 1.82) is 0 Å². The number of Topliss-reactive ketones (excluding diaryl/α,β-unsaturated/α-hetero) is 1. The summed E-state index contributed by atoms with van der Waals surface area (Å²) in [5.41, 5.74) is 2.09. The van der Waals surface area contributed by atoms with Gasteiger partial charge in [-0.2, -0.15) is 0 Å². The van der Waals surface area contributed by atoms with Crippen LogP contribution in [0.1, 0.15) is 22.3 Å². The number of fused-ring (bicyclic) bond motifs is 2. The summed E-state index contributed by atoms with van der Waals surface area (Å²) in [5, 5.41) is 9.28. The van der Waals surface area contributed by atoms with E-state index >= 15 is 0 Å². The molecule has 0 saturated heterocycles. The van der Waals surface area contributed by atoms with Gasteiger partial charge in [0.25, 0.3) is 0 Å². The van der Waals surface area contributed by atoms with Crippen molar-refractivity contribution in [2.75, 3.05) is 0 Å². The molecule has 1 N–H and O–H groups in total. The number of carbonyl (C=O) groups is 1. The van der Waals surface area contributed by atoms with E-state index in [1.807, 2.05) is 12.1 Å². The molecule has 4 heteroatoms. The third-order valence-corrected chi connectivity index (χ3v) is 2.34. The number of benzene rings is 1. The van der Waals surface area contributed by atoms with Gasteiger partial charge >= 0.3 is 0 Å². The number of aliphatic hydroxyl groups excluding tert-OH is 1. The summed E-state index contributed by atoms with van der Waals surface area (Å²) < 4.78 is 0. The van der Waals surface area contributed by atoms with E-state index in [0.717, 1.165) is 0 Å². The molecule has 0 amide bonds. The smallest absolute Gasteiger partial charge is 0.217 e. The molecular weight excluding hydrogens is 180 g/mol. The Hall–Kier alpha value is -1.81. The van der Waals surface area contributed by atoms with Crippen molar-refractivity contribution in [3.8, 4) is 0 Å². The average molecular weight is 186 g/mol. The average Bonchev–Trinajstić information content (AvgIpc) is 2.26. The molecule has 1 atom stereocenters. The highest BCUT2D eigenvalue weighted by molar-refractivity contribution is 6.08. The highest BCUT2D eigenvalue weighted by atomic mass is 16.3. The quantitative estimate of drug-likeness (QED) is 0.662. The first-order valence-corrected chi connectivity index (χ1v) is 4.26. The van der Waals surface area contributed by atoms with Crippen LogP contribution in [0.5, 0.6) is 0 Å². The Morgan fingerprint density at radius 3 is 2.50 bits per heavy atom. The molecular formula is C10H6N2O2. The van der Waals surface area contributed by atoms with Gasteiger partial charge < -0.3 is 5.11 Å². The molecule has 0 fully saturated rings. The summed E-state index contributed by atoms with van der Waals surface area (Å²) >= 11 is 0. The maximum absolute atomic E-state index is 11.1. The molecule has 14 heavy (non-hydrogen) atoms. The summed E-state index contributed by atoms with van der Waals surface area (Å²) in [6.45, 7) is 0. The molecule has 0 spiro atoms. The molecule has 1 aliphatic rings. The van der Waals surface area contributed by atoms with Gasteiger partial charge in [0.05, 0.1) is 11.0 Å². The van der Waals surface area contributed by atoms with Crippen LogP contribution in [0.15, 0.2) is 24.3 Å². The van der Waals surface area contributed by atoms with E-state index in [1.165, 1.54) is 0 Å². The molecule has 0 radical (unpaired) electrons. The summed E-state index contributed by atoms with van der Waals surface area (Å²) in [7, 11) is 0. The van der Waals surface area contributed by atoms with Gasteiger partial charge in [-0.3, -0.25) is 4.79 Å².